The number of nitrogens with zero attached hydrogens (tertiary/aromatic N) is 2. The molecule has 1 aliphatic heterocycles. The number of carbonyl (C=O) groups is 1. The van der Waals surface area contributed by atoms with E-state index in [-0.39, 0.29) is 12.0 Å². The molecule has 2 heterocycles. The molecular weight excluding hydrogens is 238 g/mol. The van der Waals surface area contributed by atoms with Crippen LogP contribution in [0.5, 0.6) is 0 Å². The van der Waals surface area contributed by atoms with Crippen molar-refractivity contribution >= 4 is 17.3 Å². The van der Waals surface area contributed by atoms with Crippen LogP contribution in [0, 0.1) is 0 Å². The van der Waals surface area contributed by atoms with E-state index in [2.05, 4.69) is 15.2 Å². The molecule has 6 heteroatoms. The quantitative estimate of drug-likeness (QED) is 0.793. The minimum atomic E-state index is -0.187. The third kappa shape index (κ3) is 3.24. The number of thiazole rings is 1. The van der Waals surface area contributed by atoms with Crippen molar-refractivity contribution in [2.45, 2.75) is 19.5 Å². The van der Waals surface area contributed by atoms with Gasteiger partial charge in [0.1, 0.15) is 11.0 Å². The lowest BCUT2D eigenvalue weighted by Crippen LogP contribution is -2.54. The van der Waals surface area contributed by atoms with Crippen molar-refractivity contribution in [3.8, 4) is 0 Å². The van der Waals surface area contributed by atoms with Gasteiger partial charge in [-0.2, -0.15) is 0 Å². The second-order valence-electron chi connectivity index (χ2n) is 3.87. The van der Waals surface area contributed by atoms with E-state index >= 15 is 0 Å². The Labute approximate surface area is 105 Å². The van der Waals surface area contributed by atoms with Gasteiger partial charge < -0.3 is 10.1 Å². The van der Waals surface area contributed by atoms with Crippen molar-refractivity contribution in [3.63, 3.8) is 0 Å². The number of hydrogen-bond donors (Lipinski definition) is 1. The van der Waals surface area contributed by atoms with Gasteiger partial charge in [-0.3, -0.25) is 9.69 Å². The first-order valence-electron chi connectivity index (χ1n) is 5.81. The molecule has 94 valence electrons. The zero-order valence-electron chi connectivity index (χ0n) is 9.89. The first kappa shape index (κ1) is 12.5. The van der Waals surface area contributed by atoms with Crippen LogP contribution in [-0.4, -0.2) is 48.1 Å². The van der Waals surface area contributed by atoms with Crippen LogP contribution in [0.15, 0.2) is 11.6 Å². The molecule has 1 saturated heterocycles. The number of hydrogen-bond acceptors (Lipinski definition) is 6. The van der Waals surface area contributed by atoms with Crippen molar-refractivity contribution in [3.05, 3.63) is 16.6 Å². The summed E-state index contributed by atoms with van der Waals surface area (Å²) in [5.41, 5.74) is 0. The normalized spacial score (nSPS) is 21.4. The predicted molar refractivity (Wildman–Crippen MR) is 65.8 cm³/mol. The largest absolute Gasteiger partial charge is 0.465 e. The van der Waals surface area contributed by atoms with E-state index in [0.29, 0.717) is 13.2 Å². The van der Waals surface area contributed by atoms with E-state index in [9.17, 15) is 4.79 Å². The Bertz CT molecular complexity index is 356. The molecule has 0 aliphatic carbocycles. The molecule has 0 radical (unpaired) electrons. The summed E-state index contributed by atoms with van der Waals surface area (Å²) in [5.74, 6) is -0.142. The number of aromatic nitrogens is 1. The highest BCUT2D eigenvalue weighted by Crippen LogP contribution is 2.13. The van der Waals surface area contributed by atoms with Crippen LogP contribution >= 0.6 is 11.3 Å². The highest BCUT2D eigenvalue weighted by Gasteiger charge is 2.29. The van der Waals surface area contributed by atoms with E-state index < -0.39 is 0 Å². The van der Waals surface area contributed by atoms with Gasteiger partial charge in [-0.25, -0.2) is 4.98 Å². The molecule has 1 aliphatic rings. The second kappa shape index (κ2) is 6.09. The molecule has 0 spiro atoms. The first-order valence-corrected chi connectivity index (χ1v) is 6.69. The van der Waals surface area contributed by atoms with Gasteiger partial charge >= 0.3 is 5.97 Å². The van der Waals surface area contributed by atoms with Gasteiger partial charge in [-0.05, 0) is 6.92 Å². The van der Waals surface area contributed by atoms with Crippen molar-refractivity contribution in [2.24, 2.45) is 0 Å². The topological polar surface area (TPSA) is 54.5 Å². The van der Waals surface area contributed by atoms with Crippen LogP contribution < -0.4 is 5.32 Å². The number of ether oxygens (including phenoxy) is 1. The number of carbonyl (C=O) groups excluding carboxylic acids is 1. The number of piperazine rings is 1. The number of rotatable bonds is 4. The fourth-order valence-corrected chi connectivity index (χ4v) is 2.55. The summed E-state index contributed by atoms with van der Waals surface area (Å²) in [6.07, 6.45) is 1.79. The molecular formula is C11H17N3O2S. The van der Waals surface area contributed by atoms with Crippen LogP contribution in [-0.2, 0) is 16.1 Å². The predicted octanol–water partition coefficient (Wildman–Crippen LogP) is 0.480. The van der Waals surface area contributed by atoms with Crippen LogP contribution in [0.3, 0.4) is 0 Å². The third-order valence-electron chi connectivity index (χ3n) is 2.73. The molecule has 2 rings (SSSR count). The highest BCUT2D eigenvalue weighted by atomic mass is 32.1. The van der Waals surface area contributed by atoms with E-state index in [0.717, 1.165) is 24.6 Å². The van der Waals surface area contributed by atoms with Gasteiger partial charge in [-0.15, -0.1) is 11.3 Å². The van der Waals surface area contributed by atoms with Crippen LogP contribution in [0.4, 0.5) is 0 Å². The van der Waals surface area contributed by atoms with Crippen molar-refractivity contribution in [1.82, 2.24) is 15.2 Å². The van der Waals surface area contributed by atoms with Gasteiger partial charge in [-0.1, -0.05) is 0 Å². The maximum atomic E-state index is 11.8. The maximum Gasteiger partial charge on any atom is 0.324 e. The molecule has 0 amide bonds. The highest BCUT2D eigenvalue weighted by molar-refractivity contribution is 7.09. The Balaban J connectivity index is 1.99. The summed E-state index contributed by atoms with van der Waals surface area (Å²) in [4.78, 5) is 18.2. The van der Waals surface area contributed by atoms with Crippen molar-refractivity contribution in [2.75, 3.05) is 26.2 Å². The Kier molecular flexibility index (Phi) is 4.47. The lowest BCUT2D eigenvalue weighted by molar-refractivity contribution is -0.150. The van der Waals surface area contributed by atoms with E-state index in [1.165, 1.54) is 0 Å². The Hall–Kier alpha value is -0.980. The zero-order chi connectivity index (χ0) is 12.1. The van der Waals surface area contributed by atoms with Crippen LogP contribution in [0.25, 0.3) is 0 Å². The Morgan fingerprint density at radius 2 is 2.65 bits per heavy atom. The Morgan fingerprint density at radius 3 is 3.35 bits per heavy atom. The average molecular weight is 255 g/mol. The molecule has 1 fully saturated rings. The zero-order valence-corrected chi connectivity index (χ0v) is 10.7. The minimum Gasteiger partial charge on any atom is -0.465 e. The molecule has 1 aromatic rings. The SMILES string of the molecule is CCOC(=O)C1CNCCN1Cc1nccs1. The van der Waals surface area contributed by atoms with Gasteiger partial charge in [0.2, 0.25) is 0 Å². The van der Waals surface area contributed by atoms with Crippen LogP contribution in [0.2, 0.25) is 0 Å². The lowest BCUT2D eigenvalue weighted by Gasteiger charge is -2.33. The molecule has 0 saturated carbocycles. The molecule has 1 atom stereocenters. The summed E-state index contributed by atoms with van der Waals surface area (Å²) in [5, 5.41) is 6.22. The molecule has 0 aromatic carbocycles. The lowest BCUT2D eigenvalue weighted by atomic mass is 10.2. The fourth-order valence-electron chi connectivity index (χ4n) is 1.91. The number of esters is 1. The number of nitrogens with one attached hydrogen (secondary N) is 1. The molecule has 17 heavy (non-hydrogen) atoms. The monoisotopic (exact) mass is 255 g/mol. The van der Waals surface area contributed by atoms with Gasteiger partial charge in [0, 0.05) is 31.2 Å². The first-order chi connectivity index (χ1) is 8.31. The standard InChI is InChI=1S/C11H17N3O2S/c1-2-16-11(15)9-7-12-3-5-14(9)8-10-13-4-6-17-10/h4,6,9,12H,2-3,5,7-8H2,1H3. The smallest absolute Gasteiger partial charge is 0.324 e. The molecule has 5 nitrogen and oxygen atoms in total. The summed E-state index contributed by atoms with van der Waals surface area (Å²) in [6, 6.07) is -0.187. The summed E-state index contributed by atoms with van der Waals surface area (Å²) < 4.78 is 5.09. The second-order valence-corrected chi connectivity index (χ2v) is 4.85. The Morgan fingerprint density at radius 1 is 1.76 bits per heavy atom. The van der Waals surface area contributed by atoms with E-state index in [4.69, 9.17) is 4.74 Å². The van der Waals surface area contributed by atoms with Gasteiger partial charge in [0.15, 0.2) is 0 Å². The summed E-state index contributed by atoms with van der Waals surface area (Å²) >= 11 is 1.62. The fraction of sp³-hybridized carbons (Fsp3) is 0.636. The van der Waals surface area contributed by atoms with Crippen molar-refractivity contribution < 1.29 is 9.53 Å². The maximum absolute atomic E-state index is 11.8. The molecule has 0 bridgehead atoms. The minimum absolute atomic E-state index is 0.142. The van der Waals surface area contributed by atoms with E-state index in [1.54, 1.807) is 17.5 Å². The molecule has 1 unspecified atom stereocenters. The van der Waals surface area contributed by atoms with E-state index in [1.807, 2.05) is 12.3 Å². The third-order valence-corrected chi connectivity index (χ3v) is 3.50. The molecule has 1 aromatic heterocycles. The van der Waals surface area contributed by atoms with Crippen molar-refractivity contribution in [1.29, 1.82) is 0 Å². The van der Waals surface area contributed by atoms with Gasteiger partial charge in [0.25, 0.3) is 0 Å². The average Bonchev–Trinajstić information content (AvgIpc) is 2.83. The summed E-state index contributed by atoms with van der Waals surface area (Å²) in [6.45, 7) is 5.40. The summed E-state index contributed by atoms with van der Waals surface area (Å²) in [7, 11) is 0. The van der Waals surface area contributed by atoms with Crippen LogP contribution in [0.1, 0.15) is 11.9 Å². The molecule has 1 N–H and O–H groups in total. The van der Waals surface area contributed by atoms with Gasteiger partial charge in [0.05, 0.1) is 13.2 Å².